The van der Waals surface area contributed by atoms with Gasteiger partial charge in [-0.25, -0.2) is 4.79 Å². The smallest absolute Gasteiger partial charge is 0.321 e. The standard InChI is InChI=1S/C24H27N5O3S/c1-15-10-11-20(32-3)19(13-15)26-24(31)29-12-6-8-17(14-29)22-27-28-23(33-22)21(30)25-18-9-5-4-7-16(18)2/h4-5,7,9-11,13,17H,6,8,12,14H2,1-3H3,(H,25,30)(H,26,31)/t17-/m0/s1. The third kappa shape index (κ3) is 5.31. The van der Waals surface area contributed by atoms with Crippen LogP contribution < -0.4 is 15.4 Å². The van der Waals surface area contributed by atoms with E-state index in [4.69, 9.17) is 4.74 Å². The number of aryl methyl sites for hydroxylation is 2. The van der Waals surface area contributed by atoms with Gasteiger partial charge in [0.05, 0.1) is 12.8 Å². The van der Waals surface area contributed by atoms with Gasteiger partial charge in [-0.05, 0) is 56.0 Å². The zero-order chi connectivity index (χ0) is 23.4. The molecule has 3 aromatic rings. The van der Waals surface area contributed by atoms with E-state index in [1.165, 1.54) is 11.3 Å². The number of hydrogen-bond donors (Lipinski definition) is 2. The van der Waals surface area contributed by atoms with Crippen molar-refractivity contribution in [2.45, 2.75) is 32.6 Å². The second-order valence-electron chi connectivity index (χ2n) is 8.13. The number of ether oxygens (including phenoxy) is 1. The first-order chi connectivity index (χ1) is 15.9. The first-order valence-electron chi connectivity index (χ1n) is 10.9. The number of hydrogen-bond acceptors (Lipinski definition) is 6. The van der Waals surface area contributed by atoms with Crippen LogP contribution in [0.2, 0.25) is 0 Å². The molecule has 1 fully saturated rings. The molecular formula is C24H27N5O3S. The van der Waals surface area contributed by atoms with Crippen molar-refractivity contribution < 1.29 is 14.3 Å². The van der Waals surface area contributed by atoms with Crippen molar-refractivity contribution in [1.29, 1.82) is 0 Å². The Kier molecular flexibility index (Phi) is 6.88. The van der Waals surface area contributed by atoms with Gasteiger partial charge in [0, 0.05) is 24.7 Å². The summed E-state index contributed by atoms with van der Waals surface area (Å²) in [5.74, 6) is 0.391. The van der Waals surface area contributed by atoms with Crippen molar-refractivity contribution in [3.8, 4) is 5.75 Å². The molecule has 2 aromatic carbocycles. The third-order valence-corrected chi connectivity index (χ3v) is 6.77. The van der Waals surface area contributed by atoms with Crippen LogP contribution >= 0.6 is 11.3 Å². The molecule has 1 aliphatic heterocycles. The van der Waals surface area contributed by atoms with Gasteiger partial charge in [0.15, 0.2) is 0 Å². The molecule has 9 heteroatoms. The van der Waals surface area contributed by atoms with Crippen molar-refractivity contribution in [3.05, 3.63) is 63.6 Å². The average Bonchev–Trinajstić information content (AvgIpc) is 3.31. The number of anilines is 2. The quantitative estimate of drug-likeness (QED) is 0.563. The Bertz CT molecular complexity index is 1160. The molecule has 2 N–H and O–H groups in total. The lowest BCUT2D eigenvalue weighted by atomic mass is 9.99. The number of para-hydroxylation sites is 1. The number of benzene rings is 2. The zero-order valence-electron chi connectivity index (χ0n) is 18.9. The number of urea groups is 1. The van der Waals surface area contributed by atoms with E-state index in [0.29, 0.717) is 29.5 Å². The number of nitrogens with one attached hydrogen (secondary N) is 2. The van der Waals surface area contributed by atoms with Crippen molar-refractivity contribution in [2.24, 2.45) is 0 Å². The largest absolute Gasteiger partial charge is 0.495 e. The van der Waals surface area contributed by atoms with Gasteiger partial charge in [-0.15, -0.1) is 10.2 Å². The lowest BCUT2D eigenvalue weighted by Gasteiger charge is -2.31. The average molecular weight is 466 g/mol. The molecule has 3 amide bonds. The van der Waals surface area contributed by atoms with Crippen LogP contribution in [0.5, 0.6) is 5.75 Å². The molecule has 0 unspecified atom stereocenters. The maximum Gasteiger partial charge on any atom is 0.321 e. The molecule has 8 nitrogen and oxygen atoms in total. The number of piperidine rings is 1. The molecule has 0 saturated carbocycles. The van der Waals surface area contributed by atoms with Crippen LogP contribution in [0.3, 0.4) is 0 Å². The Labute approximate surface area is 197 Å². The third-order valence-electron chi connectivity index (χ3n) is 5.68. The summed E-state index contributed by atoms with van der Waals surface area (Å²) in [6, 6.07) is 13.1. The maximum atomic E-state index is 12.9. The molecule has 2 heterocycles. The monoisotopic (exact) mass is 465 g/mol. The molecule has 0 bridgehead atoms. The Morgan fingerprint density at radius 2 is 1.91 bits per heavy atom. The SMILES string of the molecule is COc1ccc(C)cc1NC(=O)N1CCC[C@H](c2nnc(C(=O)Nc3ccccc3C)s2)C1. The Balaban J connectivity index is 1.41. The summed E-state index contributed by atoms with van der Waals surface area (Å²) >= 11 is 1.29. The van der Waals surface area contributed by atoms with Gasteiger partial charge in [-0.2, -0.15) is 0 Å². The Hall–Kier alpha value is -3.46. The zero-order valence-corrected chi connectivity index (χ0v) is 19.7. The second-order valence-corrected chi connectivity index (χ2v) is 9.14. The normalized spacial score (nSPS) is 15.7. The van der Waals surface area contributed by atoms with Crippen LogP contribution in [0.25, 0.3) is 0 Å². The minimum absolute atomic E-state index is 0.0430. The van der Waals surface area contributed by atoms with Crippen LogP contribution in [0, 0.1) is 13.8 Å². The molecule has 0 aliphatic carbocycles. The number of likely N-dealkylation sites (tertiary alicyclic amines) is 1. The number of aromatic nitrogens is 2. The molecule has 0 spiro atoms. The van der Waals surface area contributed by atoms with Crippen LogP contribution in [0.15, 0.2) is 42.5 Å². The van der Waals surface area contributed by atoms with Gasteiger partial charge in [0.25, 0.3) is 5.91 Å². The Morgan fingerprint density at radius 1 is 1.09 bits per heavy atom. The fraction of sp³-hybridized carbons (Fsp3) is 0.333. The summed E-state index contributed by atoms with van der Waals surface area (Å²) in [5.41, 5.74) is 3.42. The Morgan fingerprint density at radius 3 is 2.70 bits per heavy atom. The van der Waals surface area contributed by atoms with E-state index in [2.05, 4.69) is 20.8 Å². The first kappa shape index (κ1) is 22.7. The summed E-state index contributed by atoms with van der Waals surface area (Å²) in [5, 5.41) is 15.3. The minimum atomic E-state index is -0.273. The number of carbonyl (C=O) groups excluding carboxylic acids is 2. The van der Waals surface area contributed by atoms with Crippen LogP contribution in [0.1, 0.15) is 44.7 Å². The van der Waals surface area contributed by atoms with Gasteiger partial charge in [-0.3, -0.25) is 4.79 Å². The summed E-state index contributed by atoms with van der Waals surface area (Å²) < 4.78 is 5.37. The molecule has 1 aliphatic rings. The van der Waals surface area contributed by atoms with E-state index >= 15 is 0 Å². The van der Waals surface area contributed by atoms with Gasteiger partial charge in [0.1, 0.15) is 10.8 Å². The molecule has 172 valence electrons. The summed E-state index contributed by atoms with van der Waals surface area (Å²) in [6.07, 6.45) is 1.75. The summed E-state index contributed by atoms with van der Waals surface area (Å²) in [4.78, 5) is 27.4. The van der Waals surface area contributed by atoms with Gasteiger partial charge >= 0.3 is 6.03 Å². The molecule has 33 heavy (non-hydrogen) atoms. The van der Waals surface area contributed by atoms with Crippen molar-refractivity contribution in [3.63, 3.8) is 0 Å². The fourth-order valence-electron chi connectivity index (χ4n) is 3.86. The van der Waals surface area contributed by atoms with Gasteiger partial charge < -0.3 is 20.3 Å². The van der Waals surface area contributed by atoms with E-state index in [1.807, 2.05) is 56.3 Å². The molecular weight excluding hydrogens is 438 g/mol. The topological polar surface area (TPSA) is 96.4 Å². The number of methoxy groups -OCH3 is 1. The highest BCUT2D eigenvalue weighted by Crippen LogP contribution is 2.31. The lowest BCUT2D eigenvalue weighted by Crippen LogP contribution is -2.41. The predicted molar refractivity (Wildman–Crippen MR) is 129 cm³/mol. The molecule has 0 radical (unpaired) electrons. The predicted octanol–water partition coefficient (Wildman–Crippen LogP) is 4.83. The number of rotatable bonds is 5. The highest BCUT2D eigenvalue weighted by molar-refractivity contribution is 7.13. The number of nitrogens with zero attached hydrogens (tertiary/aromatic N) is 3. The van der Waals surface area contributed by atoms with E-state index in [-0.39, 0.29) is 17.9 Å². The number of amides is 3. The highest BCUT2D eigenvalue weighted by Gasteiger charge is 2.28. The summed E-state index contributed by atoms with van der Waals surface area (Å²) in [6.45, 7) is 5.09. The van der Waals surface area contributed by atoms with Crippen LogP contribution in [-0.4, -0.2) is 47.2 Å². The van der Waals surface area contributed by atoms with E-state index in [9.17, 15) is 9.59 Å². The lowest BCUT2D eigenvalue weighted by molar-refractivity contribution is 0.102. The molecule has 1 aromatic heterocycles. The van der Waals surface area contributed by atoms with E-state index in [0.717, 1.165) is 34.7 Å². The summed E-state index contributed by atoms with van der Waals surface area (Å²) in [7, 11) is 1.58. The van der Waals surface area contributed by atoms with Crippen molar-refractivity contribution in [1.82, 2.24) is 15.1 Å². The van der Waals surface area contributed by atoms with Crippen molar-refractivity contribution >= 4 is 34.6 Å². The molecule has 4 rings (SSSR count). The second kappa shape index (κ2) is 9.99. The van der Waals surface area contributed by atoms with E-state index in [1.54, 1.807) is 12.0 Å². The van der Waals surface area contributed by atoms with Crippen molar-refractivity contribution in [2.75, 3.05) is 30.8 Å². The first-order valence-corrected chi connectivity index (χ1v) is 11.7. The maximum absolute atomic E-state index is 12.9. The fourth-order valence-corrected chi connectivity index (χ4v) is 4.72. The van der Waals surface area contributed by atoms with Crippen LogP contribution in [-0.2, 0) is 0 Å². The van der Waals surface area contributed by atoms with E-state index < -0.39 is 0 Å². The van der Waals surface area contributed by atoms with Gasteiger partial charge in [-0.1, -0.05) is 35.6 Å². The molecule has 1 saturated heterocycles. The van der Waals surface area contributed by atoms with Crippen LogP contribution in [0.4, 0.5) is 16.2 Å². The van der Waals surface area contributed by atoms with Gasteiger partial charge in [0.2, 0.25) is 5.01 Å². The highest BCUT2D eigenvalue weighted by atomic mass is 32.1. The molecule has 1 atom stereocenters. The minimum Gasteiger partial charge on any atom is -0.495 e. The number of carbonyl (C=O) groups is 2.